The lowest BCUT2D eigenvalue weighted by Gasteiger charge is -2.11. The molecule has 0 bridgehead atoms. The van der Waals surface area contributed by atoms with Crippen molar-refractivity contribution in [2.24, 2.45) is 0 Å². The number of aryl methyl sites for hydroxylation is 1. The second kappa shape index (κ2) is 6.59. The van der Waals surface area contributed by atoms with Crippen molar-refractivity contribution in [3.8, 4) is 0 Å². The number of carbonyl (C=O) groups excluding carboxylic acids is 1. The molecule has 2 aromatic rings. The highest BCUT2D eigenvalue weighted by Crippen LogP contribution is 2.20. The summed E-state index contributed by atoms with van der Waals surface area (Å²) in [6.45, 7) is 2.45. The second-order valence-electron chi connectivity index (χ2n) is 4.71. The van der Waals surface area contributed by atoms with E-state index in [0.29, 0.717) is 12.1 Å². The van der Waals surface area contributed by atoms with Gasteiger partial charge in [0, 0.05) is 24.8 Å². The number of nitrogens with one attached hydrogen (secondary N) is 2. The third-order valence-corrected chi connectivity index (χ3v) is 3.47. The minimum Gasteiger partial charge on any atom is -0.381 e. The van der Waals surface area contributed by atoms with E-state index in [9.17, 15) is 9.18 Å². The van der Waals surface area contributed by atoms with Gasteiger partial charge in [0.2, 0.25) is 0 Å². The normalized spacial score (nSPS) is 10.3. The van der Waals surface area contributed by atoms with E-state index in [1.807, 2.05) is 19.1 Å². The molecule has 0 radical (unpaired) electrons. The Balaban J connectivity index is 2.09. The van der Waals surface area contributed by atoms with Crippen LogP contribution in [0.2, 0.25) is 5.02 Å². The first-order valence-corrected chi connectivity index (χ1v) is 6.89. The van der Waals surface area contributed by atoms with Crippen molar-refractivity contribution >= 4 is 23.2 Å². The number of hydrogen-bond donors (Lipinski definition) is 2. The van der Waals surface area contributed by atoms with Crippen LogP contribution in [0.1, 0.15) is 21.5 Å². The van der Waals surface area contributed by atoms with Gasteiger partial charge >= 0.3 is 0 Å². The molecule has 0 fully saturated rings. The Bertz CT molecular complexity index is 673. The molecule has 0 aliphatic heterocycles. The molecule has 1 amide bonds. The average Bonchev–Trinajstić information content (AvgIpc) is 2.48. The maximum atomic E-state index is 13.1. The third-order valence-electron chi connectivity index (χ3n) is 3.18. The van der Waals surface area contributed by atoms with Crippen molar-refractivity contribution in [3.05, 3.63) is 63.9 Å². The molecule has 0 heterocycles. The Kier molecular flexibility index (Phi) is 4.81. The van der Waals surface area contributed by atoms with Crippen molar-refractivity contribution < 1.29 is 9.18 Å². The van der Waals surface area contributed by atoms with Crippen LogP contribution >= 0.6 is 11.6 Å². The molecule has 0 aliphatic rings. The predicted octanol–water partition coefficient (Wildman–Crippen LogP) is 3.76. The highest BCUT2D eigenvalue weighted by Gasteiger charge is 2.06. The number of carbonyl (C=O) groups is 1. The molecule has 2 aromatic carbocycles. The van der Waals surface area contributed by atoms with Crippen molar-refractivity contribution in [2.75, 3.05) is 12.4 Å². The molecule has 0 saturated heterocycles. The Morgan fingerprint density at radius 2 is 2.00 bits per heavy atom. The first-order valence-electron chi connectivity index (χ1n) is 6.52. The lowest BCUT2D eigenvalue weighted by atomic mass is 10.1. The van der Waals surface area contributed by atoms with Crippen molar-refractivity contribution in [1.29, 1.82) is 0 Å². The SMILES string of the molecule is CNC(=O)c1ccc(NCc2ccc(F)c(Cl)c2)c(C)c1. The topological polar surface area (TPSA) is 41.1 Å². The molecule has 110 valence electrons. The Morgan fingerprint density at radius 1 is 1.24 bits per heavy atom. The lowest BCUT2D eigenvalue weighted by molar-refractivity contribution is 0.0963. The zero-order valence-electron chi connectivity index (χ0n) is 11.8. The van der Waals surface area contributed by atoms with Gasteiger partial charge in [-0.25, -0.2) is 4.39 Å². The fourth-order valence-corrected chi connectivity index (χ4v) is 2.20. The molecule has 0 aromatic heterocycles. The minimum absolute atomic E-state index is 0.112. The summed E-state index contributed by atoms with van der Waals surface area (Å²) in [7, 11) is 1.60. The van der Waals surface area contributed by atoms with Crippen LogP contribution in [0.5, 0.6) is 0 Å². The summed E-state index contributed by atoms with van der Waals surface area (Å²) in [4.78, 5) is 11.5. The molecule has 0 atom stereocenters. The zero-order chi connectivity index (χ0) is 15.4. The summed E-state index contributed by atoms with van der Waals surface area (Å²) in [5.41, 5.74) is 3.38. The summed E-state index contributed by atoms with van der Waals surface area (Å²) in [6.07, 6.45) is 0. The van der Waals surface area contributed by atoms with Crippen LogP contribution in [0.25, 0.3) is 0 Å². The molecule has 0 unspecified atom stereocenters. The van der Waals surface area contributed by atoms with Gasteiger partial charge < -0.3 is 10.6 Å². The van der Waals surface area contributed by atoms with Crippen molar-refractivity contribution in [3.63, 3.8) is 0 Å². The van der Waals surface area contributed by atoms with Gasteiger partial charge in [-0.3, -0.25) is 4.79 Å². The molecule has 0 saturated carbocycles. The van der Waals surface area contributed by atoms with Gasteiger partial charge in [0.05, 0.1) is 5.02 Å². The van der Waals surface area contributed by atoms with Gasteiger partial charge in [-0.15, -0.1) is 0 Å². The summed E-state index contributed by atoms with van der Waals surface area (Å²) < 4.78 is 13.1. The van der Waals surface area contributed by atoms with Crippen LogP contribution in [-0.4, -0.2) is 13.0 Å². The van der Waals surface area contributed by atoms with Crippen LogP contribution in [0.4, 0.5) is 10.1 Å². The standard InChI is InChI=1S/C16H16ClFN2O/c1-10-7-12(16(21)19-2)4-6-15(10)20-9-11-3-5-14(18)13(17)8-11/h3-8,20H,9H2,1-2H3,(H,19,21). The van der Waals surface area contributed by atoms with Crippen molar-refractivity contribution in [1.82, 2.24) is 5.32 Å². The average molecular weight is 307 g/mol. The Hall–Kier alpha value is -2.07. The Morgan fingerprint density at radius 3 is 2.62 bits per heavy atom. The van der Waals surface area contributed by atoms with Gasteiger partial charge in [0.25, 0.3) is 5.91 Å². The van der Waals surface area contributed by atoms with Gasteiger partial charge in [-0.2, -0.15) is 0 Å². The van der Waals surface area contributed by atoms with E-state index in [1.165, 1.54) is 6.07 Å². The maximum Gasteiger partial charge on any atom is 0.251 e. The van der Waals surface area contributed by atoms with Gasteiger partial charge in [0.15, 0.2) is 0 Å². The zero-order valence-corrected chi connectivity index (χ0v) is 12.6. The van der Waals surface area contributed by atoms with Crippen LogP contribution in [0.15, 0.2) is 36.4 Å². The van der Waals surface area contributed by atoms with E-state index < -0.39 is 5.82 Å². The Labute approximate surface area is 128 Å². The van der Waals surface area contributed by atoms with Crippen LogP contribution in [0, 0.1) is 12.7 Å². The molecule has 5 heteroatoms. The number of hydrogen-bond acceptors (Lipinski definition) is 2. The molecule has 0 spiro atoms. The van der Waals surface area contributed by atoms with E-state index in [1.54, 1.807) is 25.2 Å². The number of rotatable bonds is 4. The molecular weight excluding hydrogens is 291 g/mol. The van der Waals surface area contributed by atoms with Crippen LogP contribution < -0.4 is 10.6 Å². The first-order chi connectivity index (χ1) is 10.0. The number of halogens is 2. The highest BCUT2D eigenvalue weighted by molar-refractivity contribution is 6.30. The summed E-state index contributed by atoms with van der Waals surface area (Å²) in [5, 5.41) is 5.95. The highest BCUT2D eigenvalue weighted by atomic mass is 35.5. The van der Waals surface area contributed by atoms with E-state index in [2.05, 4.69) is 10.6 Å². The second-order valence-corrected chi connectivity index (χ2v) is 5.12. The van der Waals surface area contributed by atoms with E-state index in [-0.39, 0.29) is 10.9 Å². The van der Waals surface area contributed by atoms with Crippen LogP contribution in [-0.2, 0) is 6.54 Å². The molecule has 0 aliphatic carbocycles. The summed E-state index contributed by atoms with van der Waals surface area (Å²) in [5.74, 6) is -0.540. The maximum absolute atomic E-state index is 13.1. The smallest absolute Gasteiger partial charge is 0.251 e. The largest absolute Gasteiger partial charge is 0.381 e. The number of benzene rings is 2. The summed E-state index contributed by atoms with van der Waals surface area (Å²) in [6, 6.07) is 10.1. The predicted molar refractivity (Wildman–Crippen MR) is 83.3 cm³/mol. The fraction of sp³-hybridized carbons (Fsp3) is 0.188. The number of amides is 1. The first kappa shape index (κ1) is 15.3. The molecule has 2 N–H and O–H groups in total. The quantitative estimate of drug-likeness (QED) is 0.903. The number of anilines is 1. The van der Waals surface area contributed by atoms with Gasteiger partial charge in [0.1, 0.15) is 5.82 Å². The molecule has 3 nitrogen and oxygen atoms in total. The summed E-state index contributed by atoms with van der Waals surface area (Å²) >= 11 is 5.75. The molecular formula is C16H16ClFN2O. The van der Waals surface area contributed by atoms with Crippen LogP contribution in [0.3, 0.4) is 0 Å². The minimum atomic E-state index is -0.425. The lowest BCUT2D eigenvalue weighted by Crippen LogP contribution is -2.17. The third kappa shape index (κ3) is 3.73. The monoisotopic (exact) mass is 306 g/mol. The van der Waals surface area contributed by atoms with Gasteiger partial charge in [-0.1, -0.05) is 17.7 Å². The van der Waals surface area contributed by atoms with E-state index in [4.69, 9.17) is 11.6 Å². The molecule has 2 rings (SSSR count). The van der Waals surface area contributed by atoms with Gasteiger partial charge in [-0.05, 0) is 48.4 Å². The van der Waals surface area contributed by atoms with E-state index >= 15 is 0 Å². The fourth-order valence-electron chi connectivity index (χ4n) is 1.99. The van der Waals surface area contributed by atoms with Crippen molar-refractivity contribution in [2.45, 2.75) is 13.5 Å². The molecule has 21 heavy (non-hydrogen) atoms. The van der Waals surface area contributed by atoms with E-state index in [0.717, 1.165) is 16.8 Å².